The minimum Gasteiger partial charge on any atom is -0.469 e. The Labute approximate surface area is 94.4 Å². The van der Waals surface area contributed by atoms with Crippen LogP contribution < -0.4 is 5.73 Å². The number of aryl methyl sites for hydroxylation is 1. The van der Waals surface area contributed by atoms with Gasteiger partial charge in [-0.1, -0.05) is 25.4 Å². The minimum atomic E-state index is 0.486. The standard InChI is InChI=1S/C12H16N2O2/c1-3-5-9-11(16-14-12(9)13)8-6-7-15-10(8)4-2/h6-7H,3-5H2,1-2H3,(H2,13,14). The number of hydrogen-bond donors (Lipinski definition) is 1. The van der Waals surface area contributed by atoms with Gasteiger partial charge in [-0.15, -0.1) is 0 Å². The highest BCUT2D eigenvalue weighted by molar-refractivity contribution is 5.67. The fourth-order valence-corrected chi connectivity index (χ4v) is 1.84. The third-order valence-electron chi connectivity index (χ3n) is 2.63. The lowest BCUT2D eigenvalue weighted by molar-refractivity contribution is 0.432. The molecule has 0 fully saturated rings. The zero-order valence-corrected chi connectivity index (χ0v) is 9.62. The van der Waals surface area contributed by atoms with Crippen LogP contribution >= 0.6 is 0 Å². The fourth-order valence-electron chi connectivity index (χ4n) is 1.84. The summed E-state index contributed by atoms with van der Waals surface area (Å²) in [5, 5.41) is 3.83. The third-order valence-corrected chi connectivity index (χ3v) is 2.63. The van der Waals surface area contributed by atoms with E-state index in [0.717, 1.165) is 41.9 Å². The molecule has 0 bridgehead atoms. The van der Waals surface area contributed by atoms with E-state index in [4.69, 9.17) is 14.7 Å². The number of rotatable bonds is 4. The number of anilines is 1. The molecule has 0 spiro atoms. The molecule has 2 aromatic rings. The van der Waals surface area contributed by atoms with Crippen molar-refractivity contribution in [2.45, 2.75) is 33.1 Å². The zero-order valence-electron chi connectivity index (χ0n) is 9.62. The first-order valence-electron chi connectivity index (χ1n) is 5.58. The number of hydrogen-bond acceptors (Lipinski definition) is 4. The first-order valence-corrected chi connectivity index (χ1v) is 5.58. The van der Waals surface area contributed by atoms with Gasteiger partial charge < -0.3 is 14.7 Å². The van der Waals surface area contributed by atoms with E-state index in [1.807, 2.05) is 13.0 Å². The molecular formula is C12H16N2O2. The Kier molecular flexibility index (Phi) is 2.99. The molecule has 4 nitrogen and oxygen atoms in total. The largest absolute Gasteiger partial charge is 0.469 e. The average molecular weight is 220 g/mol. The zero-order chi connectivity index (χ0) is 11.5. The maximum Gasteiger partial charge on any atom is 0.175 e. The van der Waals surface area contributed by atoms with Crippen molar-refractivity contribution in [2.75, 3.05) is 5.73 Å². The maximum absolute atomic E-state index is 5.79. The van der Waals surface area contributed by atoms with E-state index in [0.29, 0.717) is 5.82 Å². The van der Waals surface area contributed by atoms with Crippen molar-refractivity contribution in [3.63, 3.8) is 0 Å². The van der Waals surface area contributed by atoms with Gasteiger partial charge in [-0.3, -0.25) is 0 Å². The van der Waals surface area contributed by atoms with Crippen molar-refractivity contribution in [3.05, 3.63) is 23.7 Å². The summed E-state index contributed by atoms with van der Waals surface area (Å²) in [7, 11) is 0. The van der Waals surface area contributed by atoms with Crippen LogP contribution in [0.1, 0.15) is 31.6 Å². The van der Waals surface area contributed by atoms with E-state index >= 15 is 0 Å². The van der Waals surface area contributed by atoms with E-state index in [9.17, 15) is 0 Å². The first-order chi connectivity index (χ1) is 7.77. The summed E-state index contributed by atoms with van der Waals surface area (Å²) in [5.74, 6) is 2.15. The van der Waals surface area contributed by atoms with Crippen LogP contribution in [0.3, 0.4) is 0 Å². The average Bonchev–Trinajstić information content (AvgIpc) is 2.87. The molecule has 0 amide bonds. The lowest BCUT2D eigenvalue weighted by atomic mass is 10.0. The molecular weight excluding hydrogens is 204 g/mol. The van der Waals surface area contributed by atoms with E-state index in [1.165, 1.54) is 0 Å². The Morgan fingerprint density at radius 2 is 2.19 bits per heavy atom. The van der Waals surface area contributed by atoms with Gasteiger partial charge in [-0.2, -0.15) is 0 Å². The van der Waals surface area contributed by atoms with Gasteiger partial charge in [0.05, 0.1) is 11.8 Å². The van der Waals surface area contributed by atoms with Crippen molar-refractivity contribution < 1.29 is 8.94 Å². The molecule has 0 aliphatic heterocycles. The van der Waals surface area contributed by atoms with Crippen molar-refractivity contribution in [1.29, 1.82) is 0 Å². The van der Waals surface area contributed by atoms with E-state index in [1.54, 1.807) is 6.26 Å². The van der Waals surface area contributed by atoms with Gasteiger partial charge in [0, 0.05) is 12.0 Å². The van der Waals surface area contributed by atoms with Crippen LogP contribution in [0.4, 0.5) is 5.82 Å². The highest BCUT2D eigenvalue weighted by atomic mass is 16.5. The second-order valence-corrected chi connectivity index (χ2v) is 3.74. The molecule has 0 unspecified atom stereocenters. The fraction of sp³-hybridized carbons (Fsp3) is 0.417. The SMILES string of the molecule is CCCc1c(N)noc1-c1ccoc1CC. The predicted molar refractivity (Wildman–Crippen MR) is 62.0 cm³/mol. The maximum atomic E-state index is 5.79. The first kappa shape index (κ1) is 10.8. The number of aromatic nitrogens is 1. The molecule has 2 aromatic heterocycles. The molecule has 0 radical (unpaired) electrons. The van der Waals surface area contributed by atoms with E-state index in [-0.39, 0.29) is 0 Å². The Morgan fingerprint density at radius 1 is 1.38 bits per heavy atom. The smallest absolute Gasteiger partial charge is 0.175 e. The third kappa shape index (κ3) is 1.71. The Balaban J connectivity index is 2.47. The van der Waals surface area contributed by atoms with Crippen molar-refractivity contribution in [2.24, 2.45) is 0 Å². The van der Waals surface area contributed by atoms with Gasteiger partial charge in [-0.05, 0) is 12.5 Å². The van der Waals surface area contributed by atoms with E-state index in [2.05, 4.69) is 12.1 Å². The van der Waals surface area contributed by atoms with Crippen LogP contribution in [0.2, 0.25) is 0 Å². The lowest BCUT2D eigenvalue weighted by Gasteiger charge is -1.99. The summed E-state index contributed by atoms with van der Waals surface area (Å²) >= 11 is 0. The van der Waals surface area contributed by atoms with Crippen molar-refractivity contribution >= 4 is 5.82 Å². The van der Waals surface area contributed by atoms with Crippen LogP contribution in [0.25, 0.3) is 11.3 Å². The summed E-state index contributed by atoms with van der Waals surface area (Å²) in [6, 6.07) is 1.90. The molecule has 2 N–H and O–H groups in total. The van der Waals surface area contributed by atoms with Crippen LogP contribution in [0, 0.1) is 0 Å². The number of nitrogen functional groups attached to an aromatic ring is 1. The van der Waals surface area contributed by atoms with Crippen LogP contribution in [-0.4, -0.2) is 5.16 Å². The summed E-state index contributed by atoms with van der Waals surface area (Å²) in [6.45, 7) is 4.15. The molecule has 0 saturated carbocycles. The summed E-state index contributed by atoms with van der Waals surface area (Å²) in [6.07, 6.45) is 4.38. The van der Waals surface area contributed by atoms with Gasteiger partial charge in [0.15, 0.2) is 11.6 Å². The second-order valence-electron chi connectivity index (χ2n) is 3.74. The molecule has 0 saturated heterocycles. The molecule has 0 aromatic carbocycles. The predicted octanol–water partition coefficient (Wildman–Crippen LogP) is 3.03. The molecule has 0 aliphatic rings. The normalized spacial score (nSPS) is 10.9. The minimum absolute atomic E-state index is 0.486. The van der Waals surface area contributed by atoms with Gasteiger partial charge >= 0.3 is 0 Å². The molecule has 4 heteroatoms. The highest BCUT2D eigenvalue weighted by Crippen LogP contribution is 2.32. The quantitative estimate of drug-likeness (QED) is 0.860. The van der Waals surface area contributed by atoms with Crippen molar-refractivity contribution in [1.82, 2.24) is 5.16 Å². The molecule has 86 valence electrons. The number of nitrogens with zero attached hydrogens (tertiary/aromatic N) is 1. The topological polar surface area (TPSA) is 65.2 Å². The molecule has 0 atom stereocenters. The van der Waals surface area contributed by atoms with Crippen LogP contribution in [0.15, 0.2) is 21.3 Å². The second kappa shape index (κ2) is 4.43. The Morgan fingerprint density at radius 3 is 2.88 bits per heavy atom. The monoisotopic (exact) mass is 220 g/mol. The molecule has 0 aliphatic carbocycles. The van der Waals surface area contributed by atoms with Crippen LogP contribution in [-0.2, 0) is 12.8 Å². The Hall–Kier alpha value is -1.71. The van der Waals surface area contributed by atoms with Crippen LogP contribution in [0.5, 0.6) is 0 Å². The number of furan rings is 1. The van der Waals surface area contributed by atoms with Gasteiger partial charge in [0.25, 0.3) is 0 Å². The van der Waals surface area contributed by atoms with Crippen molar-refractivity contribution in [3.8, 4) is 11.3 Å². The van der Waals surface area contributed by atoms with Gasteiger partial charge in [0.2, 0.25) is 0 Å². The molecule has 2 heterocycles. The summed E-state index contributed by atoms with van der Waals surface area (Å²) < 4.78 is 10.7. The Bertz CT molecular complexity index is 471. The number of nitrogens with two attached hydrogens (primary N) is 1. The molecule has 2 rings (SSSR count). The summed E-state index contributed by atoms with van der Waals surface area (Å²) in [4.78, 5) is 0. The van der Waals surface area contributed by atoms with Gasteiger partial charge in [-0.25, -0.2) is 0 Å². The lowest BCUT2D eigenvalue weighted by Crippen LogP contribution is -1.93. The summed E-state index contributed by atoms with van der Waals surface area (Å²) in [5.41, 5.74) is 7.74. The van der Waals surface area contributed by atoms with E-state index < -0.39 is 0 Å². The van der Waals surface area contributed by atoms with Gasteiger partial charge in [0.1, 0.15) is 5.76 Å². The highest BCUT2D eigenvalue weighted by Gasteiger charge is 2.18. The molecule has 16 heavy (non-hydrogen) atoms.